The number of benzene rings is 1. The standard InChI is InChI=1S/C17H21FN4O4/c1-17(2,3)26-16(25)21-5-4-10(8-21)9-22-14-6-11(15(23)24)12(18)7-13(14)19-20-22/h6-7,10H,4-5,8-9H2,1-3H3,(H,23,24). The molecule has 2 heterocycles. The number of carboxylic acid groups (broad SMARTS) is 1. The number of amides is 1. The Bertz CT molecular complexity index is 858. The molecular formula is C17H21FN4O4. The Balaban J connectivity index is 1.73. The summed E-state index contributed by atoms with van der Waals surface area (Å²) in [5, 5.41) is 17.0. The van der Waals surface area contributed by atoms with Crippen molar-refractivity contribution >= 4 is 23.1 Å². The van der Waals surface area contributed by atoms with E-state index >= 15 is 0 Å². The summed E-state index contributed by atoms with van der Waals surface area (Å²) in [5.41, 5.74) is -0.203. The molecule has 2 aromatic rings. The topological polar surface area (TPSA) is 97.5 Å². The third kappa shape index (κ3) is 3.76. The minimum Gasteiger partial charge on any atom is -0.478 e. The maximum Gasteiger partial charge on any atom is 0.410 e. The van der Waals surface area contributed by atoms with Crippen molar-refractivity contribution in [2.24, 2.45) is 5.92 Å². The third-order valence-electron chi connectivity index (χ3n) is 4.20. The van der Waals surface area contributed by atoms with E-state index in [1.165, 1.54) is 6.07 Å². The molecule has 0 bridgehead atoms. The Kier molecular flexibility index (Phi) is 4.55. The predicted octanol–water partition coefficient (Wildman–Crippen LogP) is 2.53. The van der Waals surface area contributed by atoms with Crippen molar-refractivity contribution in [1.82, 2.24) is 19.9 Å². The Morgan fingerprint density at radius 3 is 2.77 bits per heavy atom. The molecule has 0 spiro atoms. The third-order valence-corrected chi connectivity index (χ3v) is 4.20. The van der Waals surface area contributed by atoms with Crippen LogP contribution in [0.2, 0.25) is 0 Å². The van der Waals surface area contributed by atoms with Gasteiger partial charge in [-0.2, -0.15) is 0 Å². The normalized spacial score (nSPS) is 17.7. The average molecular weight is 364 g/mol. The summed E-state index contributed by atoms with van der Waals surface area (Å²) >= 11 is 0. The van der Waals surface area contributed by atoms with Gasteiger partial charge >= 0.3 is 12.1 Å². The molecule has 1 fully saturated rings. The molecule has 8 nitrogen and oxygen atoms in total. The van der Waals surface area contributed by atoms with E-state index in [0.717, 1.165) is 12.5 Å². The highest BCUT2D eigenvalue weighted by Gasteiger charge is 2.30. The number of carboxylic acids is 1. The lowest BCUT2D eigenvalue weighted by atomic mass is 10.1. The van der Waals surface area contributed by atoms with Crippen molar-refractivity contribution < 1.29 is 23.8 Å². The SMILES string of the molecule is CC(C)(C)OC(=O)N1CCC(Cn2nnc3cc(F)c(C(=O)O)cc32)C1. The van der Waals surface area contributed by atoms with Crippen LogP contribution in [-0.4, -0.2) is 55.8 Å². The van der Waals surface area contributed by atoms with E-state index in [0.29, 0.717) is 30.7 Å². The molecule has 1 unspecified atom stereocenters. The van der Waals surface area contributed by atoms with Crippen LogP contribution < -0.4 is 0 Å². The Morgan fingerprint density at radius 1 is 1.38 bits per heavy atom. The molecule has 1 aliphatic heterocycles. The Labute approximate surface area is 149 Å². The van der Waals surface area contributed by atoms with Crippen LogP contribution in [0.4, 0.5) is 9.18 Å². The van der Waals surface area contributed by atoms with Gasteiger partial charge in [0.15, 0.2) is 0 Å². The van der Waals surface area contributed by atoms with Crippen LogP contribution in [0.25, 0.3) is 11.0 Å². The summed E-state index contributed by atoms with van der Waals surface area (Å²) in [6.45, 7) is 7.02. The maximum absolute atomic E-state index is 13.7. The molecule has 1 aliphatic rings. The van der Waals surface area contributed by atoms with E-state index in [1.807, 2.05) is 20.8 Å². The smallest absolute Gasteiger partial charge is 0.410 e. The number of nitrogens with zero attached hydrogens (tertiary/aromatic N) is 4. The highest BCUT2D eigenvalue weighted by atomic mass is 19.1. The van der Waals surface area contributed by atoms with E-state index < -0.39 is 23.0 Å². The first kappa shape index (κ1) is 18.1. The van der Waals surface area contributed by atoms with Crippen molar-refractivity contribution in [3.63, 3.8) is 0 Å². The molecule has 0 radical (unpaired) electrons. The summed E-state index contributed by atoms with van der Waals surface area (Å²) in [6.07, 6.45) is 0.423. The molecule has 0 saturated carbocycles. The van der Waals surface area contributed by atoms with Crippen molar-refractivity contribution in [1.29, 1.82) is 0 Å². The molecule has 1 amide bonds. The van der Waals surface area contributed by atoms with Gasteiger partial charge in [-0.1, -0.05) is 5.21 Å². The number of ether oxygens (including phenoxy) is 1. The van der Waals surface area contributed by atoms with Crippen molar-refractivity contribution in [3.8, 4) is 0 Å². The molecule has 26 heavy (non-hydrogen) atoms. The first-order chi connectivity index (χ1) is 12.1. The maximum atomic E-state index is 13.7. The van der Waals surface area contributed by atoms with Gasteiger partial charge in [-0.15, -0.1) is 5.10 Å². The fourth-order valence-corrected chi connectivity index (χ4v) is 3.01. The van der Waals surface area contributed by atoms with Crippen molar-refractivity contribution in [3.05, 3.63) is 23.5 Å². The van der Waals surface area contributed by atoms with Crippen molar-refractivity contribution in [2.75, 3.05) is 13.1 Å². The van der Waals surface area contributed by atoms with E-state index in [9.17, 15) is 14.0 Å². The molecule has 140 valence electrons. The minimum atomic E-state index is -1.34. The summed E-state index contributed by atoms with van der Waals surface area (Å²) in [6, 6.07) is 2.32. The van der Waals surface area contributed by atoms with Crippen LogP contribution in [-0.2, 0) is 11.3 Å². The molecule has 1 saturated heterocycles. The van der Waals surface area contributed by atoms with Gasteiger partial charge < -0.3 is 14.7 Å². The second kappa shape index (κ2) is 6.54. The fourth-order valence-electron chi connectivity index (χ4n) is 3.01. The lowest BCUT2D eigenvalue weighted by molar-refractivity contribution is 0.0286. The average Bonchev–Trinajstić information content (AvgIpc) is 3.12. The first-order valence-corrected chi connectivity index (χ1v) is 8.38. The van der Waals surface area contributed by atoms with Crippen LogP contribution in [0, 0.1) is 11.7 Å². The molecule has 1 atom stereocenters. The summed E-state index contributed by atoms with van der Waals surface area (Å²) < 4.78 is 20.7. The Morgan fingerprint density at radius 2 is 2.12 bits per heavy atom. The van der Waals surface area contributed by atoms with E-state index in [1.54, 1.807) is 9.58 Å². The van der Waals surface area contributed by atoms with Crippen molar-refractivity contribution in [2.45, 2.75) is 39.3 Å². The van der Waals surface area contributed by atoms with Gasteiger partial charge in [0, 0.05) is 25.7 Å². The molecule has 1 aromatic carbocycles. The van der Waals surface area contributed by atoms with E-state index in [-0.39, 0.29) is 12.0 Å². The largest absolute Gasteiger partial charge is 0.478 e. The van der Waals surface area contributed by atoms with Crippen LogP contribution in [0.15, 0.2) is 12.1 Å². The molecule has 0 aliphatic carbocycles. The van der Waals surface area contributed by atoms with Gasteiger partial charge in [0.05, 0.1) is 11.1 Å². The zero-order valence-corrected chi connectivity index (χ0v) is 14.9. The van der Waals surface area contributed by atoms with Gasteiger partial charge in [-0.05, 0) is 39.2 Å². The van der Waals surface area contributed by atoms with E-state index in [4.69, 9.17) is 9.84 Å². The molecule has 1 aromatic heterocycles. The number of carbonyl (C=O) groups is 2. The quantitative estimate of drug-likeness (QED) is 0.899. The second-order valence-electron chi connectivity index (χ2n) is 7.48. The lowest BCUT2D eigenvalue weighted by Crippen LogP contribution is -2.35. The summed E-state index contributed by atoms with van der Waals surface area (Å²) in [5.74, 6) is -2.05. The lowest BCUT2D eigenvalue weighted by Gasteiger charge is -2.24. The molecular weight excluding hydrogens is 343 g/mol. The highest BCUT2D eigenvalue weighted by Crippen LogP contribution is 2.23. The summed E-state index contributed by atoms with van der Waals surface area (Å²) in [7, 11) is 0. The number of aromatic carboxylic acids is 1. The number of halogens is 1. The fraction of sp³-hybridized carbons (Fsp3) is 0.529. The highest BCUT2D eigenvalue weighted by molar-refractivity contribution is 5.92. The van der Waals surface area contributed by atoms with Gasteiger partial charge in [0.2, 0.25) is 0 Å². The van der Waals surface area contributed by atoms with Gasteiger partial charge in [0.1, 0.15) is 16.9 Å². The first-order valence-electron chi connectivity index (χ1n) is 8.38. The molecule has 1 N–H and O–H groups in total. The van der Waals surface area contributed by atoms with Crippen LogP contribution in [0.1, 0.15) is 37.6 Å². The molecule has 3 rings (SSSR count). The van der Waals surface area contributed by atoms with Gasteiger partial charge in [-0.3, -0.25) is 0 Å². The van der Waals surface area contributed by atoms with Crippen LogP contribution >= 0.6 is 0 Å². The monoisotopic (exact) mass is 364 g/mol. The number of fused-ring (bicyclic) bond motifs is 1. The van der Waals surface area contributed by atoms with Gasteiger partial charge in [-0.25, -0.2) is 18.7 Å². The summed E-state index contributed by atoms with van der Waals surface area (Å²) in [4.78, 5) is 24.9. The zero-order valence-electron chi connectivity index (χ0n) is 14.9. The number of hydrogen-bond acceptors (Lipinski definition) is 5. The van der Waals surface area contributed by atoms with E-state index in [2.05, 4.69) is 10.3 Å². The van der Waals surface area contributed by atoms with Gasteiger partial charge in [0.25, 0.3) is 0 Å². The molecule has 9 heteroatoms. The number of carbonyl (C=O) groups excluding carboxylic acids is 1. The number of aromatic nitrogens is 3. The predicted molar refractivity (Wildman–Crippen MR) is 90.4 cm³/mol. The zero-order chi connectivity index (χ0) is 19.1. The number of hydrogen-bond donors (Lipinski definition) is 1. The number of likely N-dealkylation sites (tertiary alicyclic amines) is 1. The number of rotatable bonds is 3. The minimum absolute atomic E-state index is 0.130. The second-order valence-corrected chi connectivity index (χ2v) is 7.48. The Hall–Kier alpha value is -2.71. The van der Waals surface area contributed by atoms with Crippen LogP contribution in [0.5, 0.6) is 0 Å². The van der Waals surface area contributed by atoms with Crippen LogP contribution in [0.3, 0.4) is 0 Å².